The molecule has 0 N–H and O–H groups in total. The van der Waals surface area contributed by atoms with E-state index in [9.17, 15) is 13.2 Å². The quantitative estimate of drug-likeness (QED) is 0.529. The molecule has 0 aromatic rings. The van der Waals surface area contributed by atoms with Crippen molar-refractivity contribution in [2.75, 3.05) is 0 Å². The van der Waals surface area contributed by atoms with Crippen molar-refractivity contribution in [3.63, 3.8) is 0 Å². The van der Waals surface area contributed by atoms with Crippen molar-refractivity contribution in [1.29, 1.82) is 0 Å². The van der Waals surface area contributed by atoms with Crippen LogP contribution in [0.4, 0.5) is 0 Å². The Hall–Kier alpha value is -0.620. The van der Waals surface area contributed by atoms with Gasteiger partial charge in [0.2, 0.25) is 0 Å². The van der Waals surface area contributed by atoms with Crippen LogP contribution in [-0.2, 0) is 23.8 Å². The highest BCUT2D eigenvalue weighted by Gasteiger charge is 2.31. The molecule has 0 aromatic heterocycles. The van der Waals surface area contributed by atoms with E-state index in [0.717, 1.165) is 0 Å². The van der Waals surface area contributed by atoms with E-state index < -0.39 is 27.4 Å². The molecule has 90 valence electrons. The highest BCUT2D eigenvalue weighted by molar-refractivity contribution is 7.88. The standard InChI is InChI=1S/C9H18O5S/c1-6(2)13-9(10)8(5)15(11,12)14-7(3)4/h6-8H,1-5H3. The molecule has 0 saturated heterocycles. The molecular weight excluding hydrogens is 220 g/mol. The maximum absolute atomic E-state index is 11.4. The Morgan fingerprint density at radius 1 is 1.00 bits per heavy atom. The molecule has 0 saturated carbocycles. The first kappa shape index (κ1) is 14.4. The lowest BCUT2D eigenvalue weighted by molar-refractivity contribution is -0.146. The number of ether oxygens (including phenoxy) is 1. The van der Waals surface area contributed by atoms with Gasteiger partial charge in [0.05, 0.1) is 12.2 Å². The summed E-state index contributed by atoms with van der Waals surface area (Å²) in [4.78, 5) is 11.3. The van der Waals surface area contributed by atoms with Crippen molar-refractivity contribution < 1.29 is 22.1 Å². The lowest BCUT2D eigenvalue weighted by atomic mass is 10.4. The molecule has 0 spiro atoms. The SMILES string of the molecule is CC(C)OC(=O)C(C)S(=O)(=O)OC(C)C. The molecule has 0 amide bonds. The molecule has 0 bridgehead atoms. The van der Waals surface area contributed by atoms with Crippen molar-refractivity contribution in [2.45, 2.75) is 52.1 Å². The minimum absolute atomic E-state index is 0.339. The number of carbonyl (C=O) groups is 1. The molecule has 0 radical (unpaired) electrons. The summed E-state index contributed by atoms with van der Waals surface area (Å²) in [6.07, 6.45) is -0.821. The molecule has 0 aromatic carbocycles. The van der Waals surface area contributed by atoms with E-state index in [0.29, 0.717) is 0 Å². The van der Waals surface area contributed by atoms with E-state index >= 15 is 0 Å². The summed E-state index contributed by atoms with van der Waals surface area (Å²) < 4.78 is 32.3. The monoisotopic (exact) mass is 238 g/mol. The zero-order valence-electron chi connectivity index (χ0n) is 9.68. The molecule has 15 heavy (non-hydrogen) atoms. The maximum atomic E-state index is 11.4. The van der Waals surface area contributed by atoms with Gasteiger partial charge in [-0.15, -0.1) is 0 Å². The van der Waals surface area contributed by atoms with E-state index in [2.05, 4.69) is 4.18 Å². The number of esters is 1. The second-order valence-electron chi connectivity index (χ2n) is 3.77. The molecule has 1 atom stereocenters. The van der Waals surface area contributed by atoms with Crippen molar-refractivity contribution in [3.8, 4) is 0 Å². The largest absolute Gasteiger partial charge is 0.462 e. The Morgan fingerprint density at radius 3 is 1.80 bits per heavy atom. The molecule has 5 nitrogen and oxygen atoms in total. The summed E-state index contributed by atoms with van der Waals surface area (Å²) >= 11 is 0. The van der Waals surface area contributed by atoms with Crippen LogP contribution >= 0.6 is 0 Å². The first-order chi connectivity index (χ1) is 6.66. The third-order valence-electron chi connectivity index (χ3n) is 1.44. The van der Waals surface area contributed by atoms with Crippen molar-refractivity contribution in [3.05, 3.63) is 0 Å². The van der Waals surface area contributed by atoms with Crippen LogP contribution in [0.2, 0.25) is 0 Å². The molecule has 0 aliphatic rings. The van der Waals surface area contributed by atoms with Crippen LogP contribution in [0, 0.1) is 0 Å². The maximum Gasteiger partial charge on any atom is 0.326 e. The van der Waals surface area contributed by atoms with E-state index in [1.54, 1.807) is 27.7 Å². The van der Waals surface area contributed by atoms with Crippen molar-refractivity contribution in [1.82, 2.24) is 0 Å². The van der Waals surface area contributed by atoms with Gasteiger partial charge in [-0.1, -0.05) is 0 Å². The molecule has 0 fully saturated rings. The smallest absolute Gasteiger partial charge is 0.326 e. The van der Waals surface area contributed by atoms with Gasteiger partial charge >= 0.3 is 5.97 Å². The van der Waals surface area contributed by atoms with E-state index in [-0.39, 0.29) is 6.10 Å². The summed E-state index contributed by atoms with van der Waals surface area (Å²) in [5.74, 6) is -0.786. The van der Waals surface area contributed by atoms with E-state index in [1.165, 1.54) is 6.92 Å². The van der Waals surface area contributed by atoms with Crippen LogP contribution in [0.1, 0.15) is 34.6 Å². The third-order valence-corrected chi connectivity index (χ3v) is 3.15. The van der Waals surface area contributed by atoms with Crippen molar-refractivity contribution in [2.24, 2.45) is 0 Å². The Morgan fingerprint density at radius 2 is 1.47 bits per heavy atom. The number of rotatable bonds is 5. The van der Waals surface area contributed by atoms with Gasteiger partial charge in [0.1, 0.15) is 0 Å². The molecule has 0 heterocycles. The number of carbonyl (C=O) groups excluding carboxylic acids is 1. The Labute approximate surface area is 90.9 Å². The Balaban J connectivity index is 4.56. The van der Waals surface area contributed by atoms with Gasteiger partial charge in [-0.05, 0) is 34.6 Å². The van der Waals surface area contributed by atoms with Gasteiger partial charge in [0.15, 0.2) is 5.25 Å². The number of hydrogen-bond acceptors (Lipinski definition) is 5. The molecule has 0 rings (SSSR count). The Kier molecular flexibility index (Phi) is 5.23. The van der Waals surface area contributed by atoms with Gasteiger partial charge in [-0.3, -0.25) is 8.98 Å². The van der Waals surface area contributed by atoms with Crippen LogP contribution in [0.15, 0.2) is 0 Å². The second-order valence-corrected chi connectivity index (χ2v) is 5.65. The summed E-state index contributed by atoms with van der Waals surface area (Å²) in [5, 5.41) is -1.29. The predicted molar refractivity (Wildman–Crippen MR) is 55.8 cm³/mol. The first-order valence-corrected chi connectivity index (χ1v) is 6.26. The molecule has 0 aliphatic carbocycles. The normalized spacial score (nSPS) is 14.3. The predicted octanol–water partition coefficient (Wildman–Crippen LogP) is 1.08. The zero-order valence-corrected chi connectivity index (χ0v) is 10.5. The summed E-state index contributed by atoms with van der Waals surface area (Å²) in [6.45, 7) is 7.72. The van der Waals surface area contributed by atoms with Crippen molar-refractivity contribution >= 4 is 16.1 Å². The van der Waals surface area contributed by atoms with Crippen LogP contribution in [0.25, 0.3) is 0 Å². The highest BCUT2D eigenvalue weighted by atomic mass is 32.2. The topological polar surface area (TPSA) is 69.7 Å². The summed E-state index contributed by atoms with van der Waals surface area (Å²) in [7, 11) is -3.88. The molecule has 0 aliphatic heterocycles. The Bertz CT molecular complexity index is 304. The minimum Gasteiger partial charge on any atom is -0.462 e. The van der Waals surface area contributed by atoms with Crippen LogP contribution in [0.5, 0.6) is 0 Å². The van der Waals surface area contributed by atoms with Gasteiger partial charge < -0.3 is 4.74 Å². The average molecular weight is 238 g/mol. The van der Waals surface area contributed by atoms with Crippen LogP contribution in [-0.4, -0.2) is 31.8 Å². The summed E-state index contributed by atoms with van der Waals surface area (Å²) in [5.41, 5.74) is 0. The third kappa shape index (κ3) is 5.13. The fraction of sp³-hybridized carbons (Fsp3) is 0.889. The van der Waals surface area contributed by atoms with E-state index in [4.69, 9.17) is 4.74 Å². The molecule has 1 unspecified atom stereocenters. The zero-order chi connectivity index (χ0) is 12.2. The van der Waals surface area contributed by atoms with E-state index in [1.807, 2.05) is 0 Å². The summed E-state index contributed by atoms with van der Waals surface area (Å²) in [6, 6.07) is 0. The fourth-order valence-electron chi connectivity index (χ4n) is 0.798. The second kappa shape index (κ2) is 5.46. The van der Waals surface area contributed by atoms with Crippen LogP contribution in [0.3, 0.4) is 0 Å². The van der Waals surface area contributed by atoms with Gasteiger partial charge in [0.25, 0.3) is 10.1 Å². The average Bonchev–Trinajstić information content (AvgIpc) is 1.98. The number of hydrogen-bond donors (Lipinski definition) is 0. The van der Waals surface area contributed by atoms with Crippen LogP contribution < -0.4 is 0 Å². The lowest BCUT2D eigenvalue weighted by Gasteiger charge is -2.15. The molecular formula is C9H18O5S. The first-order valence-electron chi connectivity index (χ1n) is 4.79. The van der Waals surface area contributed by atoms with Gasteiger partial charge in [-0.25, -0.2) is 0 Å². The fourth-order valence-corrected chi connectivity index (χ4v) is 1.79. The molecule has 6 heteroatoms. The van der Waals surface area contributed by atoms with Gasteiger partial charge in [0, 0.05) is 0 Å². The van der Waals surface area contributed by atoms with Gasteiger partial charge in [-0.2, -0.15) is 8.42 Å². The highest BCUT2D eigenvalue weighted by Crippen LogP contribution is 2.09. The lowest BCUT2D eigenvalue weighted by Crippen LogP contribution is -2.33. The minimum atomic E-state index is -3.88.